The van der Waals surface area contributed by atoms with Gasteiger partial charge in [0.1, 0.15) is 0 Å². The fourth-order valence-electron chi connectivity index (χ4n) is 2.18. The molecule has 0 bridgehead atoms. The highest BCUT2D eigenvalue weighted by Gasteiger charge is 2.08. The topological polar surface area (TPSA) is 87.2 Å². The van der Waals surface area contributed by atoms with Crippen LogP contribution in [0, 0.1) is 0 Å². The summed E-state index contributed by atoms with van der Waals surface area (Å²) >= 11 is 3.21. The van der Waals surface area contributed by atoms with Crippen LogP contribution in [-0.2, 0) is 24.6 Å². The quantitative estimate of drug-likeness (QED) is 0.388. The zero-order valence-electron chi connectivity index (χ0n) is 14.1. The van der Waals surface area contributed by atoms with Crippen molar-refractivity contribution in [3.63, 3.8) is 0 Å². The Morgan fingerprint density at radius 2 is 1.35 bits per heavy atom. The number of benzene rings is 1. The Labute approximate surface area is 159 Å². The van der Waals surface area contributed by atoms with Crippen LogP contribution in [-0.4, -0.2) is 40.4 Å². The first kappa shape index (κ1) is 18.3. The van der Waals surface area contributed by atoms with Gasteiger partial charge in [0.2, 0.25) is 10.3 Å². The molecule has 134 valence electrons. The molecule has 8 nitrogen and oxygen atoms in total. The molecule has 0 atom stereocenters. The summed E-state index contributed by atoms with van der Waals surface area (Å²) in [4.78, 5) is 0. The fraction of sp³-hybridized carbons (Fsp3) is 0.250. The largest absolute Gasteiger partial charge is 0.217 e. The summed E-state index contributed by atoms with van der Waals surface area (Å²) in [7, 11) is 0. The van der Waals surface area contributed by atoms with Crippen LogP contribution in [0.5, 0.6) is 0 Å². The van der Waals surface area contributed by atoms with E-state index in [2.05, 4.69) is 68.5 Å². The second-order valence-corrected chi connectivity index (χ2v) is 7.15. The van der Waals surface area contributed by atoms with Crippen molar-refractivity contribution in [3.8, 4) is 0 Å². The second-order valence-electron chi connectivity index (χ2n) is 5.26. The summed E-state index contributed by atoms with van der Waals surface area (Å²) in [5.74, 6) is 1.59. The highest BCUT2D eigenvalue weighted by Crippen LogP contribution is 2.24. The maximum atomic E-state index is 4.05. The van der Waals surface area contributed by atoms with Crippen molar-refractivity contribution >= 4 is 23.5 Å². The number of hydrogen-bond donors (Lipinski definition) is 0. The van der Waals surface area contributed by atoms with Gasteiger partial charge >= 0.3 is 0 Å². The Hall–Kier alpha value is -2.46. The molecule has 2 heterocycles. The van der Waals surface area contributed by atoms with Gasteiger partial charge in [-0.3, -0.25) is 0 Å². The van der Waals surface area contributed by atoms with E-state index >= 15 is 0 Å². The standard InChI is InChI=1S/C16H18N8S2/c1-3-8-23-15(17-19-21-23)25-11-13-6-5-7-14(10-13)12-26-16-18-20-22-24(16)9-4-2/h3-7,10H,1-2,8-9,11-12H2. The maximum Gasteiger partial charge on any atom is 0.209 e. The minimum absolute atomic E-state index is 0.603. The molecule has 2 aromatic heterocycles. The van der Waals surface area contributed by atoms with Gasteiger partial charge in [0, 0.05) is 11.5 Å². The predicted molar refractivity (Wildman–Crippen MR) is 102 cm³/mol. The van der Waals surface area contributed by atoms with E-state index in [0.717, 1.165) is 21.8 Å². The zero-order chi connectivity index (χ0) is 18.2. The van der Waals surface area contributed by atoms with Gasteiger partial charge < -0.3 is 0 Å². The molecule has 0 amide bonds. The van der Waals surface area contributed by atoms with E-state index in [0.29, 0.717) is 13.1 Å². The lowest BCUT2D eigenvalue weighted by Crippen LogP contribution is -2.00. The second kappa shape index (κ2) is 9.30. The normalized spacial score (nSPS) is 10.8. The Morgan fingerprint density at radius 1 is 0.846 bits per heavy atom. The highest BCUT2D eigenvalue weighted by molar-refractivity contribution is 7.98. The lowest BCUT2D eigenvalue weighted by atomic mass is 10.2. The van der Waals surface area contributed by atoms with Crippen molar-refractivity contribution < 1.29 is 0 Å². The number of thioether (sulfide) groups is 2. The summed E-state index contributed by atoms with van der Waals surface area (Å²) in [5.41, 5.74) is 2.43. The minimum atomic E-state index is 0.603. The molecule has 0 radical (unpaired) electrons. The van der Waals surface area contributed by atoms with Crippen molar-refractivity contribution in [3.05, 3.63) is 60.7 Å². The van der Waals surface area contributed by atoms with Crippen molar-refractivity contribution in [1.29, 1.82) is 0 Å². The molecule has 1 aromatic carbocycles. The molecule has 0 aliphatic heterocycles. The van der Waals surface area contributed by atoms with Crippen LogP contribution in [0.4, 0.5) is 0 Å². The van der Waals surface area contributed by atoms with Gasteiger partial charge in [-0.05, 0) is 32.0 Å². The van der Waals surface area contributed by atoms with E-state index in [9.17, 15) is 0 Å². The van der Waals surface area contributed by atoms with Crippen molar-refractivity contribution in [1.82, 2.24) is 40.4 Å². The number of aromatic nitrogens is 8. The number of nitrogens with zero attached hydrogens (tertiary/aromatic N) is 8. The van der Waals surface area contributed by atoms with Crippen LogP contribution >= 0.6 is 23.5 Å². The summed E-state index contributed by atoms with van der Waals surface area (Å²) < 4.78 is 3.47. The van der Waals surface area contributed by atoms with Crippen LogP contribution in [0.2, 0.25) is 0 Å². The fourth-order valence-corrected chi connectivity index (χ4v) is 3.84. The van der Waals surface area contributed by atoms with Crippen LogP contribution < -0.4 is 0 Å². The van der Waals surface area contributed by atoms with Gasteiger partial charge in [0.15, 0.2) is 0 Å². The molecule has 0 saturated carbocycles. The third-order valence-corrected chi connectivity index (χ3v) is 5.39. The molecule has 0 aliphatic rings. The van der Waals surface area contributed by atoms with Gasteiger partial charge in [-0.15, -0.1) is 23.4 Å². The van der Waals surface area contributed by atoms with Crippen molar-refractivity contribution in [2.45, 2.75) is 34.9 Å². The van der Waals surface area contributed by atoms with Gasteiger partial charge in [0.05, 0.1) is 13.1 Å². The molecule has 0 aliphatic carbocycles. The van der Waals surface area contributed by atoms with Crippen LogP contribution in [0.3, 0.4) is 0 Å². The summed E-state index contributed by atoms with van der Waals surface area (Å²) in [6.07, 6.45) is 3.55. The van der Waals surface area contributed by atoms with Crippen molar-refractivity contribution in [2.75, 3.05) is 0 Å². The highest BCUT2D eigenvalue weighted by atomic mass is 32.2. The van der Waals surface area contributed by atoms with Crippen LogP contribution in [0.1, 0.15) is 11.1 Å². The third kappa shape index (κ3) is 4.79. The number of rotatable bonds is 10. The number of allylic oxidation sites excluding steroid dienone is 2. The van der Waals surface area contributed by atoms with E-state index in [-0.39, 0.29) is 0 Å². The van der Waals surface area contributed by atoms with E-state index < -0.39 is 0 Å². The smallest absolute Gasteiger partial charge is 0.209 e. The van der Waals surface area contributed by atoms with Gasteiger partial charge in [-0.25, -0.2) is 9.36 Å². The number of hydrogen-bond acceptors (Lipinski definition) is 8. The predicted octanol–water partition coefficient (Wildman–Crippen LogP) is 2.62. The molecular formula is C16H18N8S2. The van der Waals surface area contributed by atoms with E-state index in [1.54, 1.807) is 45.0 Å². The Balaban J connectivity index is 1.59. The molecule has 0 unspecified atom stereocenters. The molecular weight excluding hydrogens is 368 g/mol. The molecule has 0 N–H and O–H groups in total. The molecule has 10 heteroatoms. The lowest BCUT2D eigenvalue weighted by Gasteiger charge is -2.05. The first-order chi connectivity index (χ1) is 12.8. The molecule has 3 aromatic rings. The van der Waals surface area contributed by atoms with Crippen LogP contribution in [0.15, 0.2) is 59.9 Å². The van der Waals surface area contributed by atoms with E-state index in [1.165, 1.54) is 11.1 Å². The SMILES string of the molecule is C=CCn1nnnc1SCc1cccc(CSc2nnnn2CC=C)c1. The molecule has 0 fully saturated rings. The molecule has 3 rings (SSSR count). The molecule has 26 heavy (non-hydrogen) atoms. The van der Waals surface area contributed by atoms with Gasteiger partial charge in [0.25, 0.3) is 0 Å². The van der Waals surface area contributed by atoms with Gasteiger partial charge in [-0.2, -0.15) is 0 Å². The van der Waals surface area contributed by atoms with Crippen LogP contribution in [0.25, 0.3) is 0 Å². The summed E-state index contributed by atoms with van der Waals surface area (Å²) in [6.45, 7) is 8.64. The molecule has 0 spiro atoms. The van der Waals surface area contributed by atoms with E-state index in [1.807, 2.05) is 0 Å². The summed E-state index contributed by atoms with van der Waals surface area (Å²) in [6, 6.07) is 8.45. The van der Waals surface area contributed by atoms with E-state index in [4.69, 9.17) is 0 Å². The van der Waals surface area contributed by atoms with Crippen molar-refractivity contribution in [2.24, 2.45) is 0 Å². The first-order valence-corrected chi connectivity index (χ1v) is 9.85. The number of tetrazole rings is 2. The summed E-state index contributed by atoms with van der Waals surface area (Å²) in [5, 5.41) is 25.0. The Morgan fingerprint density at radius 3 is 1.81 bits per heavy atom. The maximum absolute atomic E-state index is 4.05. The first-order valence-electron chi connectivity index (χ1n) is 7.87. The Kier molecular flexibility index (Phi) is 6.56. The monoisotopic (exact) mass is 386 g/mol. The Bertz CT molecular complexity index is 805. The minimum Gasteiger partial charge on any atom is -0.217 e. The average Bonchev–Trinajstić information content (AvgIpc) is 3.29. The lowest BCUT2D eigenvalue weighted by molar-refractivity contribution is 0.614. The van der Waals surface area contributed by atoms with Gasteiger partial charge in [-0.1, -0.05) is 59.9 Å². The zero-order valence-corrected chi connectivity index (χ0v) is 15.7. The molecule has 0 saturated heterocycles. The third-order valence-electron chi connectivity index (χ3n) is 3.33. The average molecular weight is 387 g/mol.